The van der Waals surface area contributed by atoms with Crippen LogP contribution in [-0.2, 0) is 26.0 Å². The second kappa shape index (κ2) is 7.98. The minimum Gasteiger partial charge on any atom is -0.480 e. The van der Waals surface area contributed by atoms with Crippen LogP contribution in [-0.4, -0.2) is 48.3 Å². The highest BCUT2D eigenvalue weighted by Crippen LogP contribution is 2.32. The van der Waals surface area contributed by atoms with Crippen LogP contribution in [0.5, 0.6) is 0 Å². The molecule has 1 aromatic rings. The molecule has 7 nitrogen and oxygen atoms in total. The van der Waals surface area contributed by atoms with Crippen LogP contribution in [0.15, 0.2) is 29.2 Å². The molecule has 0 radical (unpaired) electrons. The van der Waals surface area contributed by atoms with E-state index in [1.54, 1.807) is 24.3 Å². The van der Waals surface area contributed by atoms with E-state index in [1.807, 2.05) is 0 Å². The van der Waals surface area contributed by atoms with Gasteiger partial charge in [-0.15, -0.1) is 0 Å². The van der Waals surface area contributed by atoms with Crippen molar-refractivity contribution in [3.8, 4) is 0 Å². The molecule has 8 heteroatoms. The maximum Gasteiger partial charge on any atom is 0.329 e. The van der Waals surface area contributed by atoms with E-state index in [4.69, 9.17) is 0 Å². The van der Waals surface area contributed by atoms with Crippen molar-refractivity contribution in [2.75, 3.05) is 13.1 Å². The Morgan fingerprint density at radius 1 is 1.04 bits per heavy atom. The predicted molar refractivity (Wildman–Crippen MR) is 99.7 cm³/mol. The van der Waals surface area contributed by atoms with Crippen LogP contribution in [0.3, 0.4) is 0 Å². The minimum atomic E-state index is -3.45. The number of rotatable bonds is 7. The Morgan fingerprint density at radius 2 is 1.67 bits per heavy atom. The number of hydrogen-bond acceptors (Lipinski definition) is 4. The molecule has 2 N–H and O–H groups in total. The number of carboxylic acids is 1. The van der Waals surface area contributed by atoms with Crippen molar-refractivity contribution in [1.29, 1.82) is 0 Å². The highest BCUT2D eigenvalue weighted by molar-refractivity contribution is 7.89. The molecule has 1 aliphatic carbocycles. The third-order valence-corrected chi connectivity index (χ3v) is 7.42. The second-order valence-corrected chi connectivity index (χ2v) is 9.34. The number of nitrogens with one attached hydrogen (secondary N) is 1. The van der Waals surface area contributed by atoms with Crippen LogP contribution >= 0.6 is 0 Å². The number of aliphatic carboxylic acids is 1. The number of hydrogen-bond donors (Lipinski definition) is 2. The molecule has 0 unspecified atom stereocenters. The van der Waals surface area contributed by atoms with E-state index in [-0.39, 0.29) is 17.2 Å². The van der Waals surface area contributed by atoms with Gasteiger partial charge in [-0.3, -0.25) is 4.79 Å². The van der Waals surface area contributed by atoms with Gasteiger partial charge in [0.25, 0.3) is 0 Å². The predicted octanol–water partition coefficient (Wildman–Crippen LogP) is 1.92. The van der Waals surface area contributed by atoms with Gasteiger partial charge < -0.3 is 10.4 Å². The van der Waals surface area contributed by atoms with Crippen LogP contribution < -0.4 is 5.32 Å². The molecule has 1 amide bonds. The molecule has 0 spiro atoms. The second-order valence-electron chi connectivity index (χ2n) is 7.40. The third kappa shape index (κ3) is 4.32. The quantitative estimate of drug-likeness (QED) is 0.735. The topological polar surface area (TPSA) is 104 Å². The van der Waals surface area contributed by atoms with Crippen LogP contribution in [0, 0.1) is 0 Å². The first kappa shape index (κ1) is 19.8. The number of piperidine rings is 1. The Balaban J connectivity index is 1.56. The Morgan fingerprint density at radius 3 is 2.19 bits per heavy atom. The summed E-state index contributed by atoms with van der Waals surface area (Å²) < 4.78 is 26.8. The maximum atomic E-state index is 12.6. The maximum absolute atomic E-state index is 12.6. The molecular weight excluding hydrogens is 368 g/mol. The van der Waals surface area contributed by atoms with E-state index in [0.29, 0.717) is 32.4 Å². The Bertz CT molecular complexity index is 794. The number of aryl methyl sites for hydroxylation is 1. The van der Waals surface area contributed by atoms with E-state index >= 15 is 0 Å². The highest BCUT2D eigenvalue weighted by Gasteiger charge is 2.45. The van der Waals surface area contributed by atoms with Gasteiger partial charge in [0.1, 0.15) is 5.54 Å². The molecule has 2 aliphatic rings. The lowest BCUT2D eigenvalue weighted by atomic mass is 9.76. The van der Waals surface area contributed by atoms with Gasteiger partial charge >= 0.3 is 5.97 Å². The van der Waals surface area contributed by atoms with Gasteiger partial charge in [0.15, 0.2) is 0 Å². The summed E-state index contributed by atoms with van der Waals surface area (Å²) in [6.45, 7) is 1.13. The van der Waals surface area contributed by atoms with Crippen LogP contribution in [0.2, 0.25) is 0 Å². The van der Waals surface area contributed by atoms with E-state index < -0.39 is 21.5 Å². The summed E-state index contributed by atoms with van der Waals surface area (Å²) in [5.41, 5.74) is -0.246. The first-order valence-electron chi connectivity index (χ1n) is 9.47. The van der Waals surface area contributed by atoms with Gasteiger partial charge in [-0.05, 0) is 56.2 Å². The summed E-state index contributed by atoms with van der Waals surface area (Å²) in [4.78, 5) is 23.7. The van der Waals surface area contributed by atoms with E-state index in [2.05, 4.69) is 5.32 Å². The fraction of sp³-hybridized carbons (Fsp3) is 0.579. The Kier molecular flexibility index (Phi) is 5.86. The van der Waals surface area contributed by atoms with Crippen molar-refractivity contribution < 1.29 is 23.1 Å². The molecule has 1 saturated heterocycles. The zero-order chi connectivity index (χ0) is 19.5. The average Bonchev–Trinajstić information content (AvgIpc) is 2.64. The van der Waals surface area contributed by atoms with Gasteiger partial charge in [-0.2, -0.15) is 4.31 Å². The lowest BCUT2D eigenvalue weighted by molar-refractivity contribution is -0.151. The van der Waals surface area contributed by atoms with Crippen molar-refractivity contribution >= 4 is 21.9 Å². The van der Waals surface area contributed by atoms with Crippen LogP contribution in [0.25, 0.3) is 0 Å². The van der Waals surface area contributed by atoms with Crippen molar-refractivity contribution in [3.63, 3.8) is 0 Å². The van der Waals surface area contributed by atoms with Crippen molar-refractivity contribution in [2.45, 2.75) is 61.8 Å². The fourth-order valence-electron chi connectivity index (χ4n) is 3.59. The van der Waals surface area contributed by atoms with Gasteiger partial charge in [0, 0.05) is 19.5 Å². The number of carboxylic acid groups (broad SMARTS) is 1. The van der Waals surface area contributed by atoms with Gasteiger partial charge in [-0.25, -0.2) is 13.2 Å². The molecule has 1 aromatic carbocycles. The summed E-state index contributed by atoms with van der Waals surface area (Å²) in [5, 5.41) is 11.9. The Labute approximate surface area is 159 Å². The minimum absolute atomic E-state index is 0.174. The summed E-state index contributed by atoms with van der Waals surface area (Å²) in [7, 11) is -3.45. The molecule has 3 rings (SSSR count). The molecular formula is C19H26N2O5S. The zero-order valence-corrected chi connectivity index (χ0v) is 16.1. The van der Waals surface area contributed by atoms with Gasteiger partial charge in [0.05, 0.1) is 4.90 Å². The molecule has 1 saturated carbocycles. The van der Waals surface area contributed by atoms with Crippen LogP contribution in [0.1, 0.15) is 50.5 Å². The average molecular weight is 394 g/mol. The van der Waals surface area contributed by atoms with E-state index in [1.165, 1.54) is 4.31 Å². The van der Waals surface area contributed by atoms with Crippen molar-refractivity contribution in [3.05, 3.63) is 29.8 Å². The summed E-state index contributed by atoms with van der Waals surface area (Å²) in [6, 6.07) is 6.62. The van der Waals surface area contributed by atoms with Crippen molar-refractivity contribution in [1.82, 2.24) is 9.62 Å². The molecule has 1 aliphatic heterocycles. The highest BCUT2D eigenvalue weighted by atomic mass is 32.2. The van der Waals surface area contributed by atoms with Gasteiger partial charge in [-0.1, -0.05) is 18.6 Å². The lowest BCUT2D eigenvalue weighted by Gasteiger charge is -2.38. The molecule has 148 valence electrons. The van der Waals surface area contributed by atoms with Crippen LogP contribution in [0.4, 0.5) is 0 Å². The monoisotopic (exact) mass is 394 g/mol. The first-order valence-corrected chi connectivity index (χ1v) is 10.9. The third-order valence-electron chi connectivity index (χ3n) is 5.51. The van der Waals surface area contributed by atoms with E-state index in [0.717, 1.165) is 31.2 Å². The zero-order valence-electron chi connectivity index (χ0n) is 15.3. The number of benzene rings is 1. The number of sulfonamides is 1. The summed E-state index contributed by atoms with van der Waals surface area (Å²) in [5.74, 6) is -1.27. The SMILES string of the molecule is O=C(CCc1ccc(S(=O)(=O)N2CCCCC2)cc1)NC1(C(=O)O)CCC1. The number of carbonyl (C=O) groups is 2. The standard InChI is InChI=1S/C19H26N2O5S/c22-17(20-19(18(23)24)11-4-12-19)10-7-15-5-8-16(9-6-15)27(25,26)21-13-2-1-3-14-21/h5-6,8-9H,1-4,7,10-14H2,(H,20,22)(H,23,24). The summed E-state index contributed by atoms with van der Waals surface area (Å²) in [6.07, 6.45) is 5.21. The Hall–Kier alpha value is -1.93. The molecule has 0 atom stereocenters. The number of nitrogens with zero attached hydrogens (tertiary/aromatic N) is 1. The number of carbonyl (C=O) groups excluding carboxylic acids is 1. The molecule has 1 heterocycles. The molecule has 27 heavy (non-hydrogen) atoms. The molecule has 0 bridgehead atoms. The normalized spacial score (nSPS) is 19.9. The largest absolute Gasteiger partial charge is 0.480 e. The van der Waals surface area contributed by atoms with Crippen molar-refractivity contribution in [2.24, 2.45) is 0 Å². The lowest BCUT2D eigenvalue weighted by Crippen LogP contribution is -2.59. The smallest absolute Gasteiger partial charge is 0.329 e. The fourth-order valence-corrected chi connectivity index (χ4v) is 5.11. The number of amides is 1. The summed E-state index contributed by atoms with van der Waals surface area (Å²) >= 11 is 0. The van der Waals surface area contributed by atoms with Gasteiger partial charge in [0.2, 0.25) is 15.9 Å². The molecule has 2 fully saturated rings. The molecule has 0 aromatic heterocycles. The van der Waals surface area contributed by atoms with E-state index in [9.17, 15) is 23.1 Å². The first-order chi connectivity index (χ1) is 12.8.